The minimum absolute atomic E-state index is 0.103. The highest BCUT2D eigenvalue weighted by molar-refractivity contribution is 7.16. The summed E-state index contributed by atoms with van der Waals surface area (Å²) in [6, 6.07) is 10.6. The molecule has 1 amide bonds. The number of likely N-dealkylation sites (tertiary alicyclic amines) is 1. The molecular formula is C30H34ClN5OS. The second-order valence-corrected chi connectivity index (χ2v) is 13.7. The number of thiazole rings is 1. The van der Waals surface area contributed by atoms with Crippen molar-refractivity contribution in [1.29, 1.82) is 0 Å². The van der Waals surface area contributed by atoms with Crippen molar-refractivity contribution >= 4 is 40.0 Å². The Kier molecular flexibility index (Phi) is 6.35. The molecule has 0 spiro atoms. The Morgan fingerprint density at radius 1 is 1.05 bits per heavy atom. The maximum atomic E-state index is 13.0. The quantitative estimate of drug-likeness (QED) is 0.277. The van der Waals surface area contributed by atoms with Crippen LogP contribution in [0.5, 0.6) is 0 Å². The summed E-state index contributed by atoms with van der Waals surface area (Å²) in [5, 5.41) is 1.08. The van der Waals surface area contributed by atoms with E-state index in [4.69, 9.17) is 16.6 Å². The molecule has 8 heteroatoms. The lowest BCUT2D eigenvalue weighted by atomic mass is 9.63. The number of halogens is 1. The molecule has 38 heavy (non-hydrogen) atoms. The first-order chi connectivity index (χ1) is 18.1. The molecule has 1 saturated heterocycles. The van der Waals surface area contributed by atoms with Crippen LogP contribution in [0.15, 0.2) is 42.9 Å². The lowest BCUT2D eigenvalue weighted by molar-refractivity contribution is -0.132. The molecule has 0 N–H and O–H groups in total. The molecule has 6 nitrogen and oxygen atoms in total. The number of nitrogens with zero attached hydrogens (tertiary/aromatic N) is 5. The maximum Gasteiger partial charge on any atom is 0.242 e. The van der Waals surface area contributed by atoms with Gasteiger partial charge in [-0.3, -0.25) is 4.79 Å². The summed E-state index contributed by atoms with van der Waals surface area (Å²) < 4.78 is 2.59. The van der Waals surface area contributed by atoms with Gasteiger partial charge in [-0.2, -0.15) is 0 Å². The fourth-order valence-electron chi connectivity index (χ4n) is 6.04. The van der Waals surface area contributed by atoms with Gasteiger partial charge in [-0.25, -0.2) is 15.0 Å². The van der Waals surface area contributed by atoms with Crippen molar-refractivity contribution in [2.24, 2.45) is 0 Å². The molecule has 0 radical (unpaired) electrons. The van der Waals surface area contributed by atoms with Crippen LogP contribution < -0.4 is 0 Å². The van der Waals surface area contributed by atoms with E-state index in [1.807, 2.05) is 21.6 Å². The molecule has 198 valence electrons. The van der Waals surface area contributed by atoms with Gasteiger partial charge in [-0.15, -0.1) is 11.3 Å². The van der Waals surface area contributed by atoms with Gasteiger partial charge >= 0.3 is 0 Å². The lowest BCUT2D eigenvalue weighted by Crippen LogP contribution is -2.39. The average Bonchev–Trinajstić information content (AvgIpc) is 3.50. The lowest BCUT2D eigenvalue weighted by Gasteiger charge is -2.42. The van der Waals surface area contributed by atoms with Gasteiger partial charge in [0.2, 0.25) is 5.91 Å². The van der Waals surface area contributed by atoms with E-state index in [0.29, 0.717) is 5.92 Å². The number of rotatable bonds is 4. The van der Waals surface area contributed by atoms with E-state index in [2.05, 4.69) is 55.9 Å². The fraction of sp³-hybridized carbons (Fsp3) is 0.467. The molecule has 4 heterocycles. The van der Waals surface area contributed by atoms with Gasteiger partial charge in [0.1, 0.15) is 22.1 Å². The van der Waals surface area contributed by atoms with Crippen LogP contribution in [-0.2, 0) is 22.2 Å². The van der Waals surface area contributed by atoms with Crippen molar-refractivity contribution in [3.8, 4) is 11.3 Å². The first kappa shape index (κ1) is 25.5. The average molecular weight is 548 g/mol. The van der Waals surface area contributed by atoms with Crippen LogP contribution in [0.4, 0.5) is 0 Å². The van der Waals surface area contributed by atoms with E-state index in [-0.39, 0.29) is 23.3 Å². The summed E-state index contributed by atoms with van der Waals surface area (Å²) in [5.74, 6) is 0.421. The van der Waals surface area contributed by atoms with Gasteiger partial charge in [0, 0.05) is 30.8 Å². The highest BCUT2D eigenvalue weighted by Crippen LogP contribution is 2.48. The Bertz CT molecular complexity index is 1510. The SMILES string of the molecule is CC1(C)CCC(C)(C)c2cc(-c3nc(C4CCN(C(=O)Cn5cnc6cccnc65)CC4)sc3Cl)ccc21. The summed E-state index contributed by atoms with van der Waals surface area (Å²) in [6.07, 6.45) is 7.59. The van der Waals surface area contributed by atoms with Crippen LogP contribution in [0, 0.1) is 0 Å². The molecular weight excluding hydrogens is 514 g/mol. The third-order valence-corrected chi connectivity index (χ3v) is 10.0. The number of fused-ring (bicyclic) bond motifs is 2. The van der Waals surface area contributed by atoms with Crippen molar-refractivity contribution in [2.45, 2.75) is 76.7 Å². The van der Waals surface area contributed by atoms with Gasteiger partial charge in [-0.1, -0.05) is 51.4 Å². The Labute approximate surface area is 233 Å². The summed E-state index contributed by atoms with van der Waals surface area (Å²) in [7, 11) is 0. The standard InChI is InChI=1S/C30H34ClN5OS/c1-29(2)11-12-30(3,4)22-16-20(7-8-21(22)29)25-26(31)38-28(34-25)19-9-14-35(15-10-19)24(37)17-36-18-33-23-6-5-13-32-27(23)36/h5-8,13,16,18-19H,9-12,14-15,17H2,1-4H3. The molecule has 0 atom stereocenters. The van der Waals surface area contributed by atoms with Gasteiger partial charge < -0.3 is 9.47 Å². The molecule has 6 rings (SSSR count). The number of pyridine rings is 1. The van der Waals surface area contributed by atoms with E-state index >= 15 is 0 Å². The Hall–Kier alpha value is -2.77. The predicted molar refractivity (Wildman–Crippen MR) is 154 cm³/mol. The molecule has 0 saturated carbocycles. The van der Waals surface area contributed by atoms with Crippen molar-refractivity contribution < 1.29 is 4.79 Å². The summed E-state index contributed by atoms with van der Waals surface area (Å²) >= 11 is 8.39. The number of piperidine rings is 1. The van der Waals surface area contributed by atoms with Crippen LogP contribution in [0.3, 0.4) is 0 Å². The zero-order chi connectivity index (χ0) is 26.7. The molecule has 1 fully saturated rings. The fourth-order valence-corrected chi connectivity index (χ4v) is 7.41. The van der Waals surface area contributed by atoms with Crippen LogP contribution in [0.2, 0.25) is 4.34 Å². The number of benzene rings is 1. The highest BCUT2D eigenvalue weighted by Gasteiger charge is 2.37. The number of imidazole rings is 1. The smallest absolute Gasteiger partial charge is 0.242 e. The number of carbonyl (C=O) groups is 1. The Morgan fingerprint density at radius 2 is 1.79 bits per heavy atom. The Balaban J connectivity index is 1.16. The number of amides is 1. The number of hydrogen-bond acceptors (Lipinski definition) is 5. The van der Waals surface area contributed by atoms with Crippen LogP contribution in [-0.4, -0.2) is 43.4 Å². The highest BCUT2D eigenvalue weighted by atomic mass is 35.5. The Morgan fingerprint density at radius 3 is 2.55 bits per heavy atom. The molecule has 1 aromatic carbocycles. The van der Waals surface area contributed by atoms with Crippen LogP contribution in [0.25, 0.3) is 22.4 Å². The van der Waals surface area contributed by atoms with Crippen molar-refractivity contribution in [1.82, 2.24) is 24.4 Å². The van der Waals surface area contributed by atoms with Gasteiger partial charge in [-0.05, 0) is 65.8 Å². The predicted octanol–water partition coefficient (Wildman–Crippen LogP) is 6.96. The minimum atomic E-state index is 0.103. The third-order valence-electron chi connectivity index (χ3n) is 8.61. The van der Waals surface area contributed by atoms with E-state index in [0.717, 1.165) is 57.7 Å². The van der Waals surface area contributed by atoms with Gasteiger partial charge in [0.25, 0.3) is 0 Å². The van der Waals surface area contributed by atoms with Gasteiger partial charge in [0.05, 0.1) is 11.3 Å². The van der Waals surface area contributed by atoms with Crippen LogP contribution in [0.1, 0.15) is 75.4 Å². The molecule has 1 aliphatic carbocycles. The zero-order valence-corrected chi connectivity index (χ0v) is 24.1. The number of carbonyl (C=O) groups excluding carboxylic acids is 1. The van der Waals surface area contributed by atoms with Crippen molar-refractivity contribution in [3.63, 3.8) is 0 Å². The normalized spacial score (nSPS) is 19.0. The van der Waals surface area contributed by atoms with E-state index in [1.165, 1.54) is 24.0 Å². The molecule has 3 aromatic heterocycles. The topological polar surface area (TPSA) is 63.9 Å². The first-order valence-corrected chi connectivity index (χ1v) is 14.7. The zero-order valence-electron chi connectivity index (χ0n) is 22.5. The number of hydrogen-bond donors (Lipinski definition) is 0. The largest absolute Gasteiger partial charge is 0.341 e. The molecule has 2 aliphatic rings. The molecule has 4 aromatic rings. The summed E-state index contributed by atoms with van der Waals surface area (Å²) in [4.78, 5) is 28.8. The second kappa shape index (κ2) is 9.45. The van der Waals surface area contributed by atoms with E-state index in [9.17, 15) is 4.79 Å². The third kappa shape index (κ3) is 4.54. The second-order valence-electron chi connectivity index (χ2n) is 12.1. The summed E-state index contributed by atoms with van der Waals surface area (Å²) in [5.41, 5.74) is 6.75. The molecule has 0 bridgehead atoms. The molecule has 0 unspecified atom stereocenters. The first-order valence-electron chi connectivity index (χ1n) is 13.5. The monoisotopic (exact) mass is 547 g/mol. The van der Waals surface area contributed by atoms with E-state index < -0.39 is 0 Å². The van der Waals surface area contributed by atoms with Crippen molar-refractivity contribution in [2.75, 3.05) is 13.1 Å². The molecule has 1 aliphatic heterocycles. The van der Waals surface area contributed by atoms with Crippen molar-refractivity contribution in [3.05, 3.63) is 63.3 Å². The maximum absolute atomic E-state index is 13.0. The van der Waals surface area contributed by atoms with Gasteiger partial charge in [0.15, 0.2) is 5.65 Å². The summed E-state index contributed by atoms with van der Waals surface area (Å²) in [6.45, 7) is 11.1. The van der Waals surface area contributed by atoms with E-state index in [1.54, 1.807) is 23.9 Å². The number of aromatic nitrogens is 4. The minimum Gasteiger partial charge on any atom is -0.341 e. The van der Waals surface area contributed by atoms with Crippen LogP contribution >= 0.6 is 22.9 Å².